The number of carbonyl (C=O) groups excluding carboxylic acids is 1. The van der Waals surface area contributed by atoms with E-state index in [1.807, 2.05) is 0 Å². The van der Waals surface area contributed by atoms with Crippen LogP contribution >= 0.6 is 0 Å². The molecule has 1 N–H and O–H groups in total. The molecule has 20 heavy (non-hydrogen) atoms. The molecule has 0 atom stereocenters. The topological polar surface area (TPSA) is 98.2 Å². The van der Waals surface area contributed by atoms with Crippen LogP contribution in [0.1, 0.15) is 34.9 Å². The molecule has 1 aromatic rings. The Bertz CT molecular complexity index is 631. The minimum atomic E-state index is -5.02. The lowest BCUT2D eigenvalue weighted by atomic mass is 10.2. The molecule has 7 nitrogen and oxygen atoms in total. The first kappa shape index (κ1) is 14.6. The van der Waals surface area contributed by atoms with Crippen molar-refractivity contribution in [1.82, 2.24) is 14.9 Å². The van der Waals surface area contributed by atoms with Crippen molar-refractivity contribution in [2.75, 3.05) is 7.11 Å². The van der Waals surface area contributed by atoms with E-state index in [1.165, 1.54) is 17.9 Å². The number of nitrogens with zero attached hydrogens (tertiary/aromatic N) is 2. The Morgan fingerprint density at radius 1 is 1.45 bits per heavy atom. The van der Waals surface area contributed by atoms with Crippen LogP contribution in [0.25, 0.3) is 0 Å². The molecule has 1 aromatic heterocycles. The number of halogens is 2. The van der Waals surface area contributed by atoms with Gasteiger partial charge in [0.2, 0.25) is 0 Å². The lowest BCUT2D eigenvalue weighted by Gasteiger charge is -2.08. The number of alkyl halides is 2. The third-order valence-electron chi connectivity index (χ3n) is 2.67. The highest BCUT2D eigenvalue weighted by Crippen LogP contribution is 2.42. The molecule has 110 valence electrons. The van der Waals surface area contributed by atoms with Crippen LogP contribution in [0.2, 0.25) is 0 Å². The van der Waals surface area contributed by atoms with Gasteiger partial charge in [-0.1, -0.05) is 0 Å². The van der Waals surface area contributed by atoms with Crippen LogP contribution in [0.3, 0.4) is 0 Å². The molecule has 1 amide bonds. The monoisotopic (exact) mass is 307 g/mol. The molecule has 1 aliphatic carbocycles. The van der Waals surface area contributed by atoms with Gasteiger partial charge in [-0.15, -0.1) is 5.10 Å². The first-order chi connectivity index (χ1) is 9.35. The second kappa shape index (κ2) is 5.27. The fourth-order valence-corrected chi connectivity index (χ4v) is 1.98. The van der Waals surface area contributed by atoms with E-state index in [9.17, 15) is 22.0 Å². The first-order valence-electron chi connectivity index (χ1n) is 5.61. The van der Waals surface area contributed by atoms with Crippen LogP contribution in [0.4, 0.5) is 8.78 Å². The summed E-state index contributed by atoms with van der Waals surface area (Å²) in [5.41, 5.74) is 0.163. The summed E-state index contributed by atoms with van der Waals surface area (Å²) in [6.07, 6.45) is 1.85. The van der Waals surface area contributed by atoms with Gasteiger partial charge in [0.05, 0.1) is 7.11 Å². The summed E-state index contributed by atoms with van der Waals surface area (Å²) < 4.78 is 52.3. The van der Waals surface area contributed by atoms with Crippen LogP contribution < -0.4 is 9.46 Å². The standard InChI is InChI=1S/C10H11F2N3O4S/c1-19-7-4-6(13-14-8(7)5-2-3-5)9(16)15-20(17,18)10(11)12/h4-5,10H,2-3H2,1H3,(H,15,16). The zero-order valence-electron chi connectivity index (χ0n) is 10.3. The van der Waals surface area contributed by atoms with Gasteiger partial charge in [-0.05, 0) is 12.8 Å². The third kappa shape index (κ3) is 3.00. The maximum absolute atomic E-state index is 12.1. The molecule has 0 bridgehead atoms. The summed E-state index contributed by atoms with van der Waals surface area (Å²) in [5, 5.41) is 7.33. The minimum absolute atomic E-state index is 0.208. The van der Waals surface area contributed by atoms with Crippen molar-refractivity contribution in [3.63, 3.8) is 0 Å². The summed E-state index contributed by atoms with van der Waals surface area (Å²) in [5.74, 6) is -4.49. The lowest BCUT2D eigenvalue weighted by Crippen LogP contribution is -2.35. The van der Waals surface area contributed by atoms with Gasteiger partial charge < -0.3 is 4.74 Å². The van der Waals surface area contributed by atoms with Crippen molar-refractivity contribution in [3.8, 4) is 5.75 Å². The maximum Gasteiger partial charge on any atom is 0.355 e. The Kier molecular flexibility index (Phi) is 3.84. The van der Waals surface area contributed by atoms with Gasteiger partial charge in [-0.3, -0.25) is 4.79 Å². The average molecular weight is 307 g/mol. The van der Waals surface area contributed by atoms with Crippen LogP contribution in [-0.4, -0.2) is 37.4 Å². The summed E-state index contributed by atoms with van der Waals surface area (Å²) in [7, 11) is -3.66. The Morgan fingerprint density at radius 3 is 2.60 bits per heavy atom. The van der Waals surface area contributed by atoms with Crippen LogP contribution in [-0.2, 0) is 10.0 Å². The molecule has 1 saturated carbocycles. The number of sulfonamides is 1. The minimum Gasteiger partial charge on any atom is -0.495 e. The smallest absolute Gasteiger partial charge is 0.355 e. The van der Waals surface area contributed by atoms with Crippen LogP contribution in [0.5, 0.6) is 5.75 Å². The van der Waals surface area contributed by atoms with Crippen molar-refractivity contribution < 1.29 is 26.7 Å². The largest absolute Gasteiger partial charge is 0.495 e. The van der Waals surface area contributed by atoms with Gasteiger partial charge in [0.1, 0.15) is 11.4 Å². The summed E-state index contributed by atoms with van der Waals surface area (Å²) in [4.78, 5) is 11.5. The molecule has 0 saturated heterocycles. The van der Waals surface area contributed by atoms with E-state index in [0.717, 1.165) is 12.8 Å². The van der Waals surface area contributed by atoms with Crippen molar-refractivity contribution in [2.24, 2.45) is 0 Å². The van der Waals surface area contributed by atoms with E-state index in [-0.39, 0.29) is 11.7 Å². The molecule has 0 spiro atoms. The van der Waals surface area contributed by atoms with E-state index >= 15 is 0 Å². The number of aromatic nitrogens is 2. The quantitative estimate of drug-likeness (QED) is 0.857. The van der Waals surface area contributed by atoms with Gasteiger partial charge in [0.25, 0.3) is 15.9 Å². The molecule has 1 fully saturated rings. The van der Waals surface area contributed by atoms with E-state index in [1.54, 1.807) is 0 Å². The molecule has 2 rings (SSSR count). The Labute approximate surface area is 113 Å². The Balaban J connectivity index is 2.22. The molecular weight excluding hydrogens is 296 g/mol. The van der Waals surface area contributed by atoms with Gasteiger partial charge in [0, 0.05) is 12.0 Å². The van der Waals surface area contributed by atoms with E-state index in [0.29, 0.717) is 5.69 Å². The number of hydrogen-bond acceptors (Lipinski definition) is 6. The van der Waals surface area contributed by atoms with Crippen LogP contribution in [0.15, 0.2) is 6.07 Å². The van der Waals surface area contributed by atoms with Crippen molar-refractivity contribution in [2.45, 2.75) is 24.5 Å². The van der Waals surface area contributed by atoms with E-state index in [2.05, 4.69) is 10.2 Å². The number of methoxy groups -OCH3 is 1. The number of nitrogens with one attached hydrogen (secondary N) is 1. The number of hydrogen-bond donors (Lipinski definition) is 1. The zero-order chi connectivity index (χ0) is 14.9. The van der Waals surface area contributed by atoms with Crippen molar-refractivity contribution >= 4 is 15.9 Å². The van der Waals surface area contributed by atoms with E-state index < -0.39 is 27.4 Å². The molecule has 10 heteroatoms. The SMILES string of the molecule is COc1cc(C(=O)NS(=O)(=O)C(F)F)nnc1C1CC1. The average Bonchev–Trinajstić information content (AvgIpc) is 3.21. The normalized spacial score (nSPS) is 15.2. The second-order valence-corrected chi connectivity index (χ2v) is 5.84. The molecule has 0 aromatic carbocycles. The number of carbonyl (C=O) groups is 1. The van der Waals surface area contributed by atoms with Crippen molar-refractivity contribution in [3.05, 3.63) is 17.5 Å². The maximum atomic E-state index is 12.1. The molecule has 1 aliphatic rings. The number of amides is 1. The molecule has 0 aliphatic heterocycles. The predicted octanol–water partition coefficient (Wildman–Crippen LogP) is 0.645. The van der Waals surface area contributed by atoms with Gasteiger partial charge in [-0.2, -0.15) is 13.9 Å². The highest BCUT2D eigenvalue weighted by molar-refractivity contribution is 7.90. The summed E-state index contributed by atoms with van der Waals surface area (Å²) in [6, 6.07) is 1.18. The lowest BCUT2D eigenvalue weighted by molar-refractivity contribution is 0.0970. The highest BCUT2D eigenvalue weighted by atomic mass is 32.2. The van der Waals surface area contributed by atoms with Crippen molar-refractivity contribution in [1.29, 1.82) is 0 Å². The fraction of sp³-hybridized carbons (Fsp3) is 0.500. The summed E-state index contributed by atoms with van der Waals surface area (Å²) >= 11 is 0. The Hall–Kier alpha value is -1.84. The zero-order valence-corrected chi connectivity index (χ0v) is 11.2. The fourth-order valence-electron chi connectivity index (χ4n) is 1.52. The molecular formula is C10H11F2N3O4S. The Morgan fingerprint density at radius 2 is 2.10 bits per heavy atom. The first-order valence-corrected chi connectivity index (χ1v) is 7.15. The summed E-state index contributed by atoms with van der Waals surface area (Å²) in [6.45, 7) is 0. The van der Waals surface area contributed by atoms with Crippen LogP contribution in [0, 0.1) is 0 Å². The van der Waals surface area contributed by atoms with E-state index in [4.69, 9.17) is 4.74 Å². The predicted molar refractivity (Wildman–Crippen MR) is 62.9 cm³/mol. The molecule has 0 radical (unpaired) electrons. The van der Waals surface area contributed by atoms with Gasteiger partial charge >= 0.3 is 5.76 Å². The van der Waals surface area contributed by atoms with Gasteiger partial charge in [0.15, 0.2) is 5.69 Å². The second-order valence-electron chi connectivity index (χ2n) is 4.19. The molecule has 1 heterocycles. The third-order valence-corrected chi connectivity index (χ3v) is 3.61. The van der Waals surface area contributed by atoms with Gasteiger partial charge in [-0.25, -0.2) is 13.1 Å². The molecule has 0 unspecified atom stereocenters. The highest BCUT2D eigenvalue weighted by Gasteiger charge is 2.31. The number of ether oxygens (including phenoxy) is 1. The number of rotatable bonds is 5.